The van der Waals surface area contributed by atoms with Crippen LogP contribution in [0.2, 0.25) is 0 Å². The molecule has 1 unspecified atom stereocenters. The van der Waals surface area contributed by atoms with Gasteiger partial charge in [0.05, 0.1) is 13.2 Å². The summed E-state index contributed by atoms with van der Waals surface area (Å²) in [5, 5.41) is 0. The third-order valence-electron chi connectivity index (χ3n) is 3.68. The quantitative estimate of drug-likeness (QED) is 0.797. The number of rotatable bonds is 2. The van der Waals surface area contributed by atoms with Crippen LogP contribution in [0.15, 0.2) is 0 Å². The van der Waals surface area contributed by atoms with Crippen molar-refractivity contribution in [2.45, 2.75) is 50.9 Å². The van der Waals surface area contributed by atoms with Crippen molar-refractivity contribution in [2.24, 2.45) is 11.7 Å². The lowest BCUT2D eigenvalue weighted by Gasteiger charge is -2.37. The summed E-state index contributed by atoms with van der Waals surface area (Å²) in [6.45, 7) is 3.70. The molecule has 2 N–H and O–H groups in total. The number of nitrogens with two attached hydrogens (primary N) is 1. The average Bonchev–Trinajstić information content (AvgIpc) is 2.67. The molecule has 1 atom stereocenters. The largest absolute Gasteiger partial charge is 0.348 e. The van der Waals surface area contributed by atoms with Crippen molar-refractivity contribution in [1.82, 2.24) is 0 Å². The molecule has 1 aliphatic carbocycles. The van der Waals surface area contributed by atoms with Crippen LogP contribution in [-0.4, -0.2) is 25.0 Å². The van der Waals surface area contributed by atoms with Gasteiger partial charge in [0.2, 0.25) is 0 Å². The van der Waals surface area contributed by atoms with Crippen LogP contribution in [0.5, 0.6) is 0 Å². The highest BCUT2D eigenvalue weighted by atomic mass is 35.5. The zero-order chi connectivity index (χ0) is 10.0. The first-order valence-corrected chi connectivity index (χ1v) is 5.79. The predicted octanol–water partition coefficient (Wildman–Crippen LogP) is 2.08. The molecule has 90 valence electrons. The Morgan fingerprint density at radius 1 is 1.27 bits per heavy atom. The van der Waals surface area contributed by atoms with Crippen molar-refractivity contribution >= 4 is 12.4 Å². The van der Waals surface area contributed by atoms with Crippen LogP contribution in [0.1, 0.15) is 39.0 Å². The fourth-order valence-corrected chi connectivity index (χ4v) is 2.63. The van der Waals surface area contributed by atoms with Gasteiger partial charge in [-0.05, 0) is 25.2 Å². The van der Waals surface area contributed by atoms with Crippen LogP contribution < -0.4 is 5.73 Å². The van der Waals surface area contributed by atoms with E-state index in [1.165, 1.54) is 0 Å². The van der Waals surface area contributed by atoms with Gasteiger partial charge < -0.3 is 15.2 Å². The summed E-state index contributed by atoms with van der Waals surface area (Å²) in [6, 6.07) is 0.369. The van der Waals surface area contributed by atoms with E-state index >= 15 is 0 Å². The second-order valence-electron chi connectivity index (χ2n) is 4.52. The highest BCUT2D eigenvalue weighted by Crippen LogP contribution is 2.39. The van der Waals surface area contributed by atoms with Crippen LogP contribution in [0.4, 0.5) is 0 Å². The molecule has 2 rings (SSSR count). The van der Waals surface area contributed by atoms with Gasteiger partial charge in [-0.1, -0.05) is 6.92 Å². The standard InChI is InChI=1S/C11H21NO2.ClH/c1-2-10(12)9-3-5-11(6-4-9)13-7-8-14-11;/h9-10H,2-8,12H2,1H3;1H. The van der Waals surface area contributed by atoms with Gasteiger partial charge in [-0.15, -0.1) is 12.4 Å². The fraction of sp³-hybridized carbons (Fsp3) is 1.00. The Morgan fingerprint density at radius 3 is 2.27 bits per heavy atom. The smallest absolute Gasteiger partial charge is 0.168 e. The summed E-state index contributed by atoms with van der Waals surface area (Å²) < 4.78 is 11.4. The van der Waals surface area contributed by atoms with E-state index in [0.717, 1.165) is 45.3 Å². The Bertz CT molecular complexity index is 185. The van der Waals surface area contributed by atoms with Gasteiger partial charge in [0.15, 0.2) is 5.79 Å². The maximum absolute atomic E-state index is 6.05. The Balaban J connectivity index is 0.00000112. The van der Waals surface area contributed by atoms with Gasteiger partial charge in [0.1, 0.15) is 0 Å². The summed E-state index contributed by atoms with van der Waals surface area (Å²) in [7, 11) is 0. The molecule has 0 aromatic rings. The van der Waals surface area contributed by atoms with Crippen LogP contribution >= 0.6 is 12.4 Å². The molecule has 0 bridgehead atoms. The number of halogens is 1. The number of hydrogen-bond acceptors (Lipinski definition) is 3. The fourth-order valence-electron chi connectivity index (χ4n) is 2.63. The lowest BCUT2D eigenvalue weighted by atomic mass is 9.80. The summed E-state index contributed by atoms with van der Waals surface area (Å²) >= 11 is 0. The predicted molar refractivity (Wildman–Crippen MR) is 62.1 cm³/mol. The van der Waals surface area contributed by atoms with Crippen LogP contribution in [0.25, 0.3) is 0 Å². The third kappa shape index (κ3) is 2.84. The van der Waals surface area contributed by atoms with Crippen molar-refractivity contribution in [3.05, 3.63) is 0 Å². The molecule has 4 heteroatoms. The van der Waals surface area contributed by atoms with Crippen molar-refractivity contribution in [3.8, 4) is 0 Å². The monoisotopic (exact) mass is 235 g/mol. The van der Waals surface area contributed by atoms with E-state index in [2.05, 4.69) is 6.92 Å². The first-order valence-electron chi connectivity index (χ1n) is 5.79. The van der Waals surface area contributed by atoms with E-state index in [1.54, 1.807) is 0 Å². The van der Waals surface area contributed by atoms with E-state index in [1.807, 2.05) is 0 Å². The van der Waals surface area contributed by atoms with Crippen molar-refractivity contribution in [2.75, 3.05) is 13.2 Å². The Labute approximate surface area is 98.1 Å². The van der Waals surface area contributed by atoms with Crippen LogP contribution in [0.3, 0.4) is 0 Å². The molecule has 0 amide bonds. The molecule has 1 saturated carbocycles. The Morgan fingerprint density at radius 2 is 1.80 bits per heavy atom. The summed E-state index contributed by atoms with van der Waals surface area (Å²) in [4.78, 5) is 0. The maximum atomic E-state index is 6.05. The SMILES string of the molecule is CCC(N)C1CCC2(CC1)OCCO2.Cl. The minimum atomic E-state index is -0.218. The van der Waals surface area contributed by atoms with E-state index in [-0.39, 0.29) is 18.2 Å². The molecule has 2 fully saturated rings. The van der Waals surface area contributed by atoms with Gasteiger partial charge in [0, 0.05) is 18.9 Å². The lowest BCUT2D eigenvalue weighted by Crippen LogP contribution is -2.40. The minimum Gasteiger partial charge on any atom is -0.348 e. The minimum absolute atomic E-state index is 0. The Hall–Kier alpha value is 0.170. The van der Waals surface area contributed by atoms with Crippen LogP contribution in [0, 0.1) is 5.92 Å². The molecule has 2 aliphatic rings. The zero-order valence-electron chi connectivity index (χ0n) is 9.41. The third-order valence-corrected chi connectivity index (χ3v) is 3.68. The van der Waals surface area contributed by atoms with Gasteiger partial charge in [-0.25, -0.2) is 0 Å². The normalized spacial score (nSPS) is 27.6. The second kappa shape index (κ2) is 5.48. The number of ether oxygens (including phenoxy) is 2. The molecule has 1 aliphatic heterocycles. The summed E-state index contributed by atoms with van der Waals surface area (Å²) in [6.07, 6.45) is 5.47. The van der Waals surface area contributed by atoms with Crippen LogP contribution in [-0.2, 0) is 9.47 Å². The lowest BCUT2D eigenvalue weighted by molar-refractivity contribution is -0.183. The van der Waals surface area contributed by atoms with E-state index in [0.29, 0.717) is 12.0 Å². The summed E-state index contributed by atoms with van der Waals surface area (Å²) in [5.41, 5.74) is 6.05. The molecule has 1 heterocycles. The van der Waals surface area contributed by atoms with E-state index in [4.69, 9.17) is 15.2 Å². The second-order valence-corrected chi connectivity index (χ2v) is 4.52. The molecule has 0 aromatic carbocycles. The van der Waals surface area contributed by atoms with Crippen molar-refractivity contribution < 1.29 is 9.47 Å². The number of hydrogen-bond donors (Lipinski definition) is 1. The topological polar surface area (TPSA) is 44.5 Å². The van der Waals surface area contributed by atoms with Gasteiger partial charge in [-0.2, -0.15) is 0 Å². The molecule has 15 heavy (non-hydrogen) atoms. The highest BCUT2D eigenvalue weighted by molar-refractivity contribution is 5.85. The molecular weight excluding hydrogens is 214 g/mol. The van der Waals surface area contributed by atoms with E-state index in [9.17, 15) is 0 Å². The Kier molecular flexibility index (Phi) is 4.84. The maximum Gasteiger partial charge on any atom is 0.168 e. The highest BCUT2D eigenvalue weighted by Gasteiger charge is 2.41. The molecule has 1 spiro atoms. The zero-order valence-corrected chi connectivity index (χ0v) is 10.2. The van der Waals surface area contributed by atoms with Gasteiger partial charge in [-0.3, -0.25) is 0 Å². The molecule has 1 saturated heterocycles. The average molecular weight is 236 g/mol. The van der Waals surface area contributed by atoms with Crippen molar-refractivity contribution in [3.63, 3.8) is 0 Å². The summed E-state index contributed by atoms with van der Waals surface area (Å²) in [5.74, 6) is 0.461. The molecule has 3 nitrogen and oxygen atoms in total. The van der Waals surface area contributed by atoms with Gasteiger partial charge in [0.25, 0.3) is 0 Å². The van der Waals surface area contributed by atoms with E-state index < -0.39 is 0 Å². The van der Waals surface area contributed by atoms with Gasteiger partial charge >= 0.3 is 0 Å². The first-order chi connectivity index (χ1) is 6.76. The first kappa shape index (κ1) is 13.2. The molecule has 0 aromatic heterocycles. The van der Waals surface area contributed by atoms with Crippen molar-refractivity contribution in [1.29, 1.82) is 0 Å². The molecule has 0 radical (unpaired) electrons. The molecular formula is C11H22ClNO2.